The first-order valence-electron chi connectivity index (χ1n) is 4.25. The Morgan fingerprint density at radius 1 is 1.36 bits per heavy atom. The lowest BCUT2D eigenvalue weighted by atomic mass is 10.2. The molecule has 0 aromatic heterocycles. The first-order valence-corrected chi connectivity index (χ1v) is 7.15. The number of carbonyl (C=O) groups is 1. The molecule has 1 fully saturated rings. The van der Waals surface area contributed by atoms with Crippen LogP contribution in [0.3, 0.4) is 0 Å². The SMILES string of the molecule is NC(=S)NCCNC(=O)C1CSSC1. The molecule has 1 rings (SSSR count). The second-order valence-corrected chi connectivity index (χ2v) is 5.84. The average Bonchev–Trinajstić information content (AvgIpc) is 2.64. The number of rotatable bonds is 4. The van der Waals surface area contributed by atoms with E-state index in [0.29, 0.717) is 13.1 Å². The van der Waals surface area contributed by atoms with Crippen molar-refractivity contribution in [3.63, 3.8) is 0 Å². The van der Waals surface area contributed by atoms with Crippen molar-refractivity contribution < 1.29 is 4.79 Å². The molecule has 0 radical (unpaired) electrons. The minimum atomic E-state index is 0.132. The molecule has 1 amide bonds. The summed E-state index contributed by atoms with van der Waals surface area (Å²) in [7, 11) is 3.51. The molecule has 1 heterocycles. The van der Waals surface area contributed by atoms with E-state index in [2.05, 4.69) is 22.9 Å². The number of nitrogens with one attached hydrogen (secondary N) is 2. The van der Waals surface area contributed by atoms with E-state index in [1.54, 1.807) is 21.6 Å². The molecule has 80 valence electrons. The predicted molar refractivity (Wildman–Crippen MR) is 66.2 cm³/mol. The van der Waals surface area contributed by atoms with Gasteiger partial charge >= 0.3 is 0 Å². The minimum Gasteiger partial charge on any atom is -0.376 e. The van der Waals surface area contributed by atoms with Crippen LogP contribution in [0, 0.1) is 5.92 Å². The van der Waals surface area contributed by atoms with Gasteiger partial charge in [-0.2, -0.15) is 0 Å². The smallest absolute Gasteiger partial charge is 0.224 e. The third-order valence-corrected chi connectivity index (χ3v) is 4.42. The van der Waals surface area contributed by atoms with E-state index in [9.17, 15) is 4.79 Å². The van der Waals surface area contributed by atoms with Gasteiger partial charge in [0.25, 0.3) is 0 Å². The second-order valence-electron chi connectivity index (χ2n) is 2.85. The van der Waals surface area contributed by atoms with Crippen LogP contribution in [-0.2, 0) is 4.79 Å². The summed E-state index contributed by atoms with van der Waals surface area (Å²) in [6, 6.07) is 0. The van der Waals surface area contributed by atoms with Gasteiger partial charge in [0.15, 0.2) is 5.11 Å². The standard InChI is InChI=1S/C7H13N3OS3/c8-7(12)10-2-1-9-6(11)5-3-13-14-4-5/h5H,1-4H2,(H,9,11)(H3,8,10,12). The van der Waals surface area contributed by atoms with Gasteiger partial charge in [-0.25, -0.2) is 0 Å². The van der Waals surface area contributed by atoms with Crippen molar-refractivity contribution in [2.75, 3.05) is 24.6 Å². The van der Waals surface area contributed by atoms with Crippen LogP contribution in [0.5, 0.6) is 0 Å². The lowest BCUT2D eigenvalue weighted by Crippen LogP contribution is -2.39. The first kappa shape index (κ1) is 11.9. The van der Waals surface area contributed by atoms with Crippen LogP contribution in [0.25, 0.3) is 0 Å². The van der Waals surface area contributed by atoms with Gasteiger partial charge in [-0.3, -0.25) is 4.79 Å². The molecule has 0 saturated carbocycles. The van der Waals surface area contributed by atoms with E-state index in [4.69, 9.17) is 5.73 Å². The fourth-order valence-electron chi connectivity index (χ4n) is 0.976. The van der Waals surface area contributed by atoms with Crippen molar-refractivity contribution in [3.8, 4) is 0 Å². The van der Waals surface area contributed by atoms with Crippen LogP contribution >= 0.6 is 33.8 Å². The van der Waals surface area contributed by atoms with Gasteiger partial charge in [-0.05, 0) is 12.2 Å². The Morgan fingerprint density at radius 3 is 2.50 bits per heavy atom. The van der Waals surface area contributed by atoms with Crippen LogP contribution in [-0.4, -0.2) is 35.6 Å². The third kappa shape index (κ3) is 4.39. The van der Waals surface area contributed by atoms with E-state index in [1.807, 2.05) is 0 Å². The average molecular weight is 251 g/mol. The number of nitrogens with two attached hydrogens (primary N) is 1. The van der Waals surface area contributed by atoms with Crippen LogP contribution in [0.4, 0.5) is 0 Å². The quantitative estimate of drug-likeness (QED) is 0.370. The van der Waals surface area contributed by atoms with Gasteiger partial charge in [-0.15, -0.1) is 0 Å². The molecule has 4 N–H and O–H groups in total. The van der Waals surface area contributed by atoms with Gasteiger partial charge in [-0.1, -0.05) is 21.6 Å². The normalized spacial score (nSPS) is 16.6. The van der Waals surface area contributed by atoms with Gasteiger partial charge in [0.05, 0.1) is 5.92 Å². The summed E-state index contributed by atoms with van der Waals surface area (Å²) < 4.78 is 0. The van der Waals surface area contributed by atoms with Gasteiger partial charge < -0.3 is 16.4 Å². The summed E-state index contributed by atoms with van der Waals surface area (Å²) in [5.41, 5.74) is 5.23. The van der Waals surface area contributed by atoms with Crippen LogP contribution in [0.2, 0.25) is 0 Å². The number of amides is 1. The molecule has 1 aliphatic heterocycles. The summed E-state index contributed by atoms with van der Waals surface area (Å²) in [4.78, 5) is 11.5. The Kier molecular flexibility index (Phi) is 5.42. The number of hydrogen-bond acceptors (Lipinski definition) is 4. The van der Waals surface area contributed by atoms with Crippen molar-refractivity contribution in [3.05, 3.63) is 0 Å². The monoisotopic (exact) mass is 251 g/mol. The highest BCUT2D eigenvalue weighted by atomic mass is 33.1. The molecule has 0 bridgehead atoms. The van der Waals surface area contributed by atoms with E-state index in [0.717, 1.165) is 11.5 Å². The molecule has 0 unspecified atom stereocenters. The van der Waals surface area contributed by atoms with Crippen LogP contribution in [0.1, 0.15) is 0 Å². The molecule has 1 saturated heterocycles. The Bertz CT molecular complexity index is 218. The number of carbonyl (C=O) groups excluding carboxylic acids is 1. The molecular weight excluding hydrogens is 238 g/mol. The summed E-state index contributed by atoms with van der Waals surface area (Å²) in [6.45, 7) is 1.16. The highest BCUT2D eigenvalue weighted by Crippen LogP contribution is 2.34. The molecule has 0 aromatic carbocycles. The fraction of sp³-hybridized carbons (Fsp3) is 0.714. The molecule has 1 aliphatic rings. The molecule has 0 spiro atoms. The van der Waals surface area contributed by atoms with Gasteiger partial charge in [0, 0.05) is 24.6 Å². The lowest BCUT2D eigenvalue weighted by molar-refractivity contribution is -0.123. The zero-order chi connectivity index (χ0) is 10.4. The fourth-order valence-corrected chi connectivity index (χ4v) is 3.85. The highest BCUT2D eigenvalue weighted by molar-refractivity contribution is 8.77. The summed E-state index contributed by atoms with van der Waals surface area (Å²) in [6.07, 6.45) is 0. The molecule has 0 atom stereocenters. The lowest BCUT2D eigenvalue weighted by Gasteiger charge is -2.09. The summed E-state index contributed by atoms with van der Waals surface area (Å²) in [5.74, 6) is 2.13. The predicted octanol–water partition coefficient (Wildman–Crippen LogP) is -0.0530. The number of thiocarbonyl (C=S) groups is 1. The maximum absolute atomic E-state index is 11.5. The Labute approximate surface area is 96.5 Å². The molecule has 4 nitrogen and oxygen atoms in total. The highest BCUT2D eigenvalue weighted by Gasteiger charge is 2.23. The zero-order valence-corrected chi connectivity index (χ0v) is 10.1. The van der Waals surface area contributed by atoms with Gasteiger partial charge in [0.2, 0.25) is 5.91 Å². The van der Waals surface area contributed by atoms with E-state index < -0.39 is 0 Å². The summed E-state index contributed by atoms with van der Waals surface area (Å²) >= 11 is 4.63. The van der Waals surface area contributed by atoms with E-state index in [1.165, 1.54) is 0 Å². The Balaban J connectivity index is 2.05. The number of hydrogen-bond donors (Lipinski definition) is 3. The topological polar surface area (TPSA) is 67.2 Å². The molecule has 7 heteroatoms. The van der Waals surface area contributed by atoms with E-state index >= 15 is 0 Å². The van der Waals surface area contributed by atoms with Gasteiger partial charge in [0.1, 0.15) is 0 Å². The van der Waals surface area contributed by atoms with Crippen molar-refractivity contribution in [1.29, 1.82) is 0 Å². The Morgan fingerprint density at radius 2 is 1.93 bits per heavy atom. The third-order valence-electron chi connectivity index (χ3n) is 1.72. The first-order chi connectivity index (χ1) is 6.70. The van der Waals surface area contributed by atoms with Crippen molar-refractivity contribution >= 4 is 44.8 Å². The van der Waals surface area contributed by atoms with Crippen molar-refractivity contribution in [1.82, 2.24) is 10.6 Å². The summed E-state index contributed by atoms with van der Waals surface area (Å²) in [5, 5.41) is 5.88. The second kappa shape index (κ2) is 6.36. The maximum Gasteiger partial charge on any atom is 0.224 e. The van der Waals surface area contributed by atoms with Crippen molar-refractivity contribution in [2.24, 2.45) is 11.7 Å². The zero-order valence-electron chi connectivity index (χ0n) is 7.62. The maximum atomic E-state index is 11.5. The molecular formula is C7H13N3OS3. The van der Waals surface area contributed by atoms with Crippen LogP contribution < -0.4 is 16.4 Å². The molecule has 0 aliphatic carbocycles. The van der Waals surface area contributed by atoms with Crippen LogP contribution in [0.15, 0.2) is 0 Å². The minimum absolute atomic E-state index is 0.132. The Hall–Kier alpha value is -0.140. The molecule has 14 heavy (non-hydrogen) atoms. The van der Waals surface area contributed by atoms with E-state index in [-0.39, 0.29) is 16.9 Å². The molecule has 0 aromatic rings. The van der Waals surface area contributed by atoms with Crippen molar-refractivity contribution in [2.45, 2.75) is 0 Å². The largest absolute Gasteiger partial charge is 0.376 e.